The second kappa shape index (κ2) is 6.78. The normalized spacial score (nSPS) is 17.4. The molecule has 0 aliphatic carbocycles. The Balaban J connectivity index is 1.99. The summed E-state index contributed by atoms with van der Waals surface area (Å²) in [5.41, 5.74) is 2.32. The molecule has 0 radical (unpaired) electrons. The van der Waals surface area contributed by atoms with Gasteiger partial charge in [-0.15, -0.1) is 0 Å². The minimum atomic E-state index is -0.408. The summed E-state index contributed by atoms with van der Waals surface area (Å²) in [5, 5.41) is 0. The van der Waals surface area contributed by atoms with Crippen LogP contribution in [-0.2, 0) is 4.79 Å². The molecule has 0 bridgehead atoms. The minimum Gasteiger partial charge on any atom is -0.481 e. The topological polar surface area (TPSA) is 29.5 Å². The number of rotatable bonds is 3. The molecule has 1 saturated heterocycles. The van der Waals surface area contributed by atoms with E-state index in [2.05, 4.69) is 6.07 Å². The zero-order valence-electron chi connectivity index (χ0n) is 12.8. The molecule has 0 aromatic heterocycles. The molecule has 2 rings (SSSR count). The van der Waals surface area contributed by atoms with E-state index < -0.39 is 6.10 Å². The second-order valence-electron chi connectivity index (χ2n) is 5.82. The van der Waals surface area contributed by atoms with Crippen molar-refractivity contribution in [3.63, 3.8) is 0 Å². The molecule has 1 fully saturated rings. The van der Waals surface area contributed by atoms with Gasteiger partial charge in [0.05, 0.1) is 0 Å². The predicted molar refractivity (Wildman–Crippen MR) is 81.1 cm³/mol. The zero-order chi connectivity index (χ0) is 14.5. The Morgan fingerprint density at radius 2 is 1.60 bits per heavy atom. The van der Waals surface area contributed by atoms with Crippen LogP contribution in [0.15, 0.2) is 18.2 Å². The van der Waals surface area contributed by atoms with E-state index in [1.54, 1.807) is 0 Å². The summed E-state index contributed by atoms with van der Waals surface area (Å²) < 4.78 is 5.84. The van der Waals surface area contributed by atoms with Gasteiger partial charge in [0.1, 0.15) is 5.75 Å². The van der Waals surface area contributed by atoms with E-state index >= 15 is 0 Å². The lowest BCUT2D eigenvalue weighted by Crippen LogP contribution is -2.41. The molecule has 0 N–H and O–H groups in total. The lowest BCUT2D eigenvalue weighted by atomic mass is 10.1. The van der Waals surface area contributed by atoms with Crippen LogP contribution in [-0.4, -0.2) is 30.0 Å². The molecule has 1 heterocycles. The Morgan fingerprint density at radius 1 is 1.05 bits per heavy atom. The summed E-state index contributed by atoms with van der Waals surface area (Å²) in [6.45, 7) is 7.69. The van der Waals surface area contributed by atoms with Crippen LogP contribution in [0.2, 0.25) is 0 Å². The molecular weight excluding hydrogens is 250 g/mol. The van der Waals surface area contributed by atoms with Gasteiger partial charge in [0.15, 0.2) is 6.10 Å². The summed E-state index contributed by atoms with van der Waals surface area (Å²) in [6.07, 6.45) is 4.28. The van der Waals surface area contributed by atoms with Crippen LogP contribution in [0.3, 0.4) is 0 Å². The van der Waals surface area contributed by atoms with Crippen molar-refractivity contribution in [3.8, 4) is 5.75 Å². The lowest BCUT2D eigenvalue weighted by Gasteiger charge is -2.24. The highest BCUT2D eigenvalue weighted by atomic mass is 16.5. The van der Waals surface area contributed by atoms with Gasteiger partial charge in [-0.25, -0.2) is 0 Å². The number of nitrogens with zero attached hydrogens (tertiary/aromatic N) is 1. The average molecular weight is 275 g/mol. The van der Waals surface area contributed by atoms with Crippen LogP contribution < -0.4 is 4.74 Å². The highest BCUT2D eigenvalue weighted by molar-refractivity contribution is 5.80. The highest BCUT2D eigenvalue weighted by Gasteiger charge is 2.22. The fraction of sp³-hybridized carbons (Fsp3) is 0.588. The van der Waals surface area contributed by atoms with Crippen LogP contribution in [0.25, 0.3) is 0 Å². The van der Waals surface area contributed by atoms with Gasteiger partial charge < -0.3 is 9.64 Å². The third kappa shape index (κ3) is 3.99. The smallest absolute Gasteiger partial charge is 0.263 e. The van der Waals surface area contributed by atoms with E-state index in [-0.39, 0.29) is 5.91 Å². The molecule has 20 heavy (non-hydrogen) atoms. The molecule has 0 spiro atoms. The van der Waals surface area contributed by atoms with Gasteiger partial charge in [-0.05, 0) is 56.9 Å². The summed E-state index contributed by atoms with van der Waals surface area (Å²) in [5.74, 6) is 0.907. The molecule has 1 aromatic carbocycles. The quantitative estimate of drug-likeness (QED) is 0.845. The first-order valence-electron chi connectivity index (χ1n) is 7.60. The van der Waals surface area contributed by atoms with Crippen molar-refractivity contribution in [2.75, 3.05) is 13.1 Å². The van der Waals surface area contributed by atoms with E-state index in [1.807, 2.05) is 37.8 Å². The van der Waals surface area contributed by atoms with Crippen molar-refractivity contribution < 1.29 is 9.53 Å². The van der Waals surface area contributed by atoms with Crippen molar-refractivity contribution in [2.45, 2.75) is 52.6 Å². The maximum absolute atomic E-state index is 12.4. The molecule has 110 valence electrons. The second-order valence-corrected chi connectivity index (χ2v) is 5.82. The Bertz CT molecular complexity index is 442. The van der Waals surface area contributed by atoms with Crippen LogP contribution in [0.4, 0.5) is 0 Å². The van der Waals surface area contributed by atoms with Crippen molar-refractivity contribution in [1.29, 1.82) is 0 Å². The Morgan fingerprint density at radius 3 is 2.15 bits per heavy atom. The largest absolute Gasteiger partial charge is 0.481 e. The van der Waals surface area contributed by atoms with Gasteiger partial charge in [0.25, 0.3) is 5.91 Å². The number of hydrogen-bond donors (Lipinski definition) is 0. The summed E-state index contributed by atoms with van der Waals surface area (Å²) in [4.78, 5) is 14.4. The molecular formula is C17H25NO2. The zero-order valence-corrected chi connectivity index (χ0v) is 12.8. The molecule has 1 atom stereocenters. The maximum Gasteiger partial charge on any atom is 0.263 e. The fourth-order valence-electron chi connectivity index (χ4n) is 2.80. The molecule has 1 aliphatic heterocycles. The Hall–Kier alpha value is -1.51. The fourth-order valence-corrected chi connectivity index (χ4v) is 2.80. The van der Waals surface area contributed by atoms with E-state index in [0.29, 0.717) is 0 Å². The summed E-state index contributed by atoms with van der Waals surface area (Å²) >= 11 is 0. The number of hydrogen-bond acceptors (Lipinski definition) is 2. The van der Waals surface area contributed by atoms with E-state index in [4.69, 9.17) is 4.74 Å². The molecule has 0 unspecified atom stereocenters. The van der Waals surface area contributed by atoms with Gasteiger partial charge in [0, 0.05) is 13.1 Å². The first-order valence-corrected chi connectivity index (χ1v) is 7.60. The van der Waals surface area contributed by atoms with Crippen molar-refractivity contribution in [1.82, 2.24) is 4.90 Å². The first-order chi connectivity index (χ1) is 9.56. The number of likely N-dealkylation sites (tertiary alicyclic amines) is 1. The Labute approximate surface area is 121 Å². The molecule has 0 saturated carbocycles. The van der Waals surface area contributed by atoms with E-state index in [9.17, 15) is 4.79 Å². The van der Waals surface area contributed by atoms with E-state index in [1.165, 1.54) is 12.8 Å². The number of carbonyl (C=O) groups is 1. The summed E-state index contributed by atoms with van der Waals surface area (Å²) in [6, 6.07) is 6.08. The van der Waals surface area contributed by atoms with Crippen molar-refractivity contribution in [3.05, 3.63) is 29.3 Å². The highest BCUT2D eigenvalue weighted by Crippen LogP contribution is 2.19. The van der Waals surface area contributed by atoms with Gasteiger partial charge in [0.2, 0.25) is 0 Å². The van der Waals surface area contributed by atoms with Gasteiger partial charge in [-0.3, -0.25) is 4.79 Å². The molecule has 3 heteroatoms. The van der Waals surface area contributed by atoms with E-state index in [0.717, 1.165) is 42.8 Å². The van der Waals surface area contributed by atoms with Crippen LogP contribution in [0, 0.1) is 13.8 Å². The van der Waals surface area contributed by atoms with Crippen LogP contribution >= 0.6 is 0 Å². The number of ether oxygens (including phenoxy) is 1. The van der Waals surface area contributed by atoms with Crippen molar-refractivity contribution >= 4 is 5.91 Å². The number of benzene rings is 1. The third-order valence-corrected chi connectivity index (χ3v) is 3.77. The monoisotopic (exact) mass is 275 g/mol. The average Bonchev–Trinajstić information content (AvgIpc) is 2.65. The van der Waals surface area contributed by atoms with Crippen molar-refractivity contribution in [2.24, 2.45) is 0 Å². The number of aryl methyl sites for hydroxylation is 2. The minimum absolute atomic E-state index is 0.117. The molecule has 1 aliphatic rings. The van der Waals surface area contributed by atoms with Crippen LogP contribution in [0.1, 0.15) is 43.7 Å². The molecule has 3 nitrogen and oxygen atoms in total. The van der Waals surface area contributed by atoms with Gasteiger partial charge in [-0.2, -0.15) is 0 Å². The summed E-state index contributed by atoms with van der Waals surface area (Å²) in [7, 11) is 0. The number of carbonyl (C=O) groups excluding carboxylic acids is 1. The first kappa shape index (κ1) is 14.9. The molecule has 1 aromatic rings. The molecule has 1 amide bonds. The number of amides is 1. The SMILES string of the molecule is Cc1cc(C)cc(O[C@H](C)C(=O)N2CCCCCC2)c1. The predicted octanol–water partition coefficient (Wildman–Crippen LogP) is 3.47. The van der Waals surface area contributed by atoms with Crippen LogP contribution in [0.5, 0.6) is 5.75 Å². The maximum atomic E-state index is 12.4. The van der Waals surface area contributed by atoms with Gasteiger partial charge >= 0.3 is 0 Å². The standard InChI is InChI=1S/C17H25NO2/c1-13-10-14(2)12-16(11-13)20-15(3)17(19)18-8-6-4-5-7-9-18/h10-12,15H,4-9H2,1-3H3/t15-/m1/s1. The lowest BCUT2D eigenvalue weighted by molar-refractivity contribution is -0.137. The Kier molecular flexibility index (Phi) is 5.05. The third-order valence-electron chi connectivity index (χ3n) is 3.77. The van der Waals surface area contributed by atoms with Gasteiger partial charge in [-0.1, -0.05) is 18.9 Å².